The SMILES string of the molecule is O=S(CC1OCCCCO1)c1ccccc1. The van der Waals surface area contributed by atoms with Gasteiger partial charge in [0.15, 0.2) is 6.29 Å². The van der Waals surface area contributed by atoms with E-state index < -0.39 is 10.8 Å². The van der Waals surface area contributed by atoms with Crippen molar-refractivity contribution in [2.45, 2.75) is 24.0 Å². The van der Waals surface area contributed by atoms with Gasteiger partial charge in [0.1, 0.15) is 0 Å². The van der Waals surface area contributed by atoms with E-state index >= 15 is 0 Å². The molecule has 0 radical (unpaired) electrons. The first kappa shape index (κ1) is 11.8. The Hall–Kier alpha value is -0.710. The molecular weight excluding hydrogens is 224 g/mol. The highest BCUT2D eigenvalue weighted by Gasteiger charge is 2.17. The zero-order valence-electron chi connectivity index (χ0n) is 9.13. The third-order valence-electron chi connectivity index (χ3n) is 2.44. The van der Waals surface area contributed by atoms with Crippen LogP contribution in [-0.4, -0.2) is 29.5 Å². The maximum Gasteiger partial charge on any atom is 0.169 e. The van der Waals surface area contributed by atoms with Crippen LogP contribution in [0.4, 0.5) is 0 Å². The summed E-state index contributed by atoms with van der Waals surface area (Å²) in [6.45, 7) is 1.41. The average molecular weight is 240 g/mol. The molecule has 1 aromatic carbocycles. The molecule has 2 rings (SSSR count). The maximum absolute atomic E-state index is 12.0. The fourth-order valence-electron chi connectivity index (χ4n) is 1.57. The summed E-state index contributed by atoms with van der Waals surface area (Å²) < 4.78 is 22.9. The molecule has 1 aliphatic heterocycles. The molecule has 0 spiro atoms. The van der Waals surface area contributed by atoms with Crippen molar-refractivity contribution in [1.82, 2.24) is 0 Å². The zero-order valence-corrected chi connectivity index (χ0v) is 9.95. The lowest BCUT2D eigenvalue weighted by Crippen LogP contribution is -2.23. The fraction of sp³-hybridized carbons (Fsp3) is 0.500. The molecule has 1 saturated heterocycles. The Balaban J connectivity index is 1.91. The molecule has 0 amide bonds. The number of rotatable bonds is 3. The topological polar surface area (TPSA) is 35.5 Å². The highest BCUT2D eigenvalue weighted by Crippen LogP contribution is 2.11. The van der Waals surface area contributed by atoms with Crippen molar-refractivity contribution in [3.63, 3.8) is 0 Å². The number of benzene rings is 1. The summed E-state index contributed by atoms with van der Waals surface area (Å²) in [6.07, 6.45) is 1.73. The standard InChI is InChI=1S/C12H16O3S/c13-16(11-6-2-1-3-7-11)10-12-14-8-4-5-9-15-12/h1-3,6-7,12H,4-5,8-10H2. The van der Waals surface area contributed by atoms with E-state index in [4.69, 9.17) is 9.47 Å². The molecule has 1 heterocycles. The molecule has 0 bridgehead atoms. The van der Waals surface area contributed by atoms with Crippen LogP contribution < -0.4 is 0 Å². The van der Waals surface area contributed by atoms with Gasteiger partial charge >= 0.3 is 0 Å². The summed E-state index contributed by atoms with van der Waals surface area (Å²) in [5, 5.41) is 0. The van der Waals surface area contributed by atoms with Gasteiger partial charge < -0.3 is 9.47 Å². The second kappa shape index (κ2) is 6.13. The number of hydrogen-bond acceptors (Lipinski definition) is 3. The van der Waals surface area contributed by atoms with E-state index in [2.05, 4.69) is 0 Å². The van der Waals surface area contributed by atoms with Gasteiger partial charge in [-0.1, -0.05) is 18.2 Å². The molecule has 1 fully saturated rings. The Labute approximate surface area is 98.2 Å². The third kappa shape index (κ3) is 3.40. The lowest BCUT2D eigenvalue weighted by Gasteiger charge is -2.14. The van der Waals surface area contributed by atoms with Crippen LogP contribution in [0.25, 0.3) is 0 Å². The smallest absolute Gasteiger partial charge is 0.169 e. The fourth-order valence-corrected chi connectivity index (χ4v) is 2.66. The number of ether oxygens (including phenoxy) is 2. The Kier molecular flexibility index (Phi) is 4.51. The van der Waals surface area contributed by atoms with Gasteiger partial charge in [-0.15, -0.1) is 0 Å². The van der Waals surface area contributed by atoms with Crippen molar-refractivity contribution >= 4 is 10.8 Å². The minimum Gasteiger partial charge on any atom is -0.352 e. The quantitative estimate of drug-likeness (QED) is 0.810. The summed E-state index contributed by atoms with van der Waals surface area (Å²) in [7, 11) is -1.04. The second-order valence-corrected chi connectivity index (χ2v) is 5.20. The molecule has 0 aliphatic carbocycles. The van der Waals surface area contributed by atoms with Crippen LogP contribution in [-0.2, 0) is 20.3 Å². The monoisotopic (exact) mass is 240 g/mol. The summed E-state index contributed by atoms with van der Waals surface area (Å²) >= 11 is 0. The van der Waals surface area contributed by atoms with E-state index in [1.807, 2.05) is 30.3 Å². The molecular formula is C12H16O3S. The lowest BCUT2D eigenvalue weighted by atomic mass is 10.3. The number of hydrogen-bond donors (Lipinski definition) is 0. The minimum atomic E-state index is -1.04. The molecule has 0 aromatic heterocycles. The molecule has 0 saturated carbocycles. The zero-order chi connectivity index (χ0) is 11.2. The summed E-state index contributed by atoms with van der Waals surface area (Å²) in [5.74, 6) is 0.421. The van der Waals surface area contributed by atoms with Crippen LogP contribution in [0.3, 0.4) is 0 Å². The molecule has 3 nitrogen and oxygen atoms in total. The predicted octanol–water partition coefficient (Wildman–Crippen LogP) is 1.95. The van der Waals surface area contributed by atoms with Gasteiger partial charge in [-0.05, 0) is 25.0 Å². The first-order valence-corrected chi connectivity index (χ1v) is 6.85. The summed E-state index contributed by atoms with van der Waals surface area (Å²) in [6, 6.07) is 9.43. The Morgan fingerprint density at radius 1 is 1.12 bits per heavy atom. The van der Waals surface area contributed by atoms with Crippen molar-refractivity contribution in [2.75, 3.05) is 19.0 Å². The van der Waals surface area contributed by atoms with Gasteiger partial charge in [0.2, 0.25) is 0 Å². The molecule has 88 valence electrons. The average Bonchev–Trinajstić information content (AvgIpc) is 2.59. The Morgan fingerprint density at radius 2 is 1.75 bits per heavy atom. The molecule has 1 unspecified atom stereocenters. The van der Waals surface area contributed by atoms with Crippen LogP contribution in [0.2, 0.25) is 0 Å². The van der Waals surface area contributed by atoms with E-state index in [1.165, 1.54) is 0 Å². The van der Waals surface area contributed by atoms with E-state index in [1.54, 1.807) is 0 Å². The van der Waals surface area contributed by atoms with Gasteiger partial charge in [0, 0.05) is 18.1 Å². The highest BCUT2D eigenvalue weighted by atomic mass is 32.2. The molecule has 16 heavy (non-hydrogen) atoms. The van der Waals surface area contributed by atoms with Gasteiger partial charge in [0.25, 0.3) is 0 Å². The van der Waals surface area contributed by atoms with Crippen LogP contribution in [0.15, 0.2) is 35.2 Å². The second-order valence-electron chi connectivity index (χ2n) is 3.70. The van der Waals surface area contributed by atoms with Crippen molar-refractivity contribution in [1.29, 1.82) is 0 Å². The molecule has 0 N–H and O–H groups in total. The van der Waals surface area contributed by atoms with Crippen molar-refractivity contribution in [2.24, 2.45) is 0 Å². The van der Waals surface area contributed by atoms with Crippen LogP contribution in [0.5, 0.6) is 0 Å². The Bertz CT molecular complexity index is 331. The molecule has 1 aromatic rings. The van der Waals surface area contributed by atoms with Crippen molar-refractivity contribution in [3.8, 4) is 0 Å². The van der Waals surface area contributed by atoms with Crippen LogP contribution in [0, 0.1) is 0 Å². The summed E-state index contributed by atoms with van der Waals surface area (Å²) in [5.41, 5.74) is 0. The Morgan fingerprint density at radius 3 is 2.38 bits per heavy atom. The van der Waals surface area contributed by atoms with Gasteiger partial charge in [-0.3, -0.25) is 4.21 Å². The van der Waals surface area contributed by atoms with E-state index in [-0.39, 0.29) is 6.29 Å². The first-order chi connectivity index (χ1) is 7.86. The molecule has 1 aliphatic rings. The van der Waals surface area contributed by atoms with Gasteiger partial charge in [-0.25, -0.2) is 0 Å². The lowest BCUT2D eigenvalue weighted by molar-refractivity contribution is -0.109. The maximum atomic E-state index is 12.0. The summed E-state index contributed by atoms with van der Waals surface area (Å²) in [4.78, 5) is 0.832. The van der Waals surface area contributed by atoms with Crippen molar-refractivity contribution in [3.05, 3.63) is 30.3 Å². The van der Waals surface area contributed by atoms with E-state index in [0.29, 0.717) is 19.0 Å². The molecule has 1 atom stereocenters. The largest absolute Gasteiger partial charge is 0.352 e. The van der Waals surface area contributed by atoms with E-state index in [0.717, 1.165) is 17.7 Å². The van der Waals surface area contributed by atoms with E-state index in [9.17, 15) is 4.21 Å². The minimum absolute atomic E-state index is 0.316. The van der Waals surface area contributed by atoms with Gasteiger partial charge in [-0.2, -0.15) is 0 Å². The first-order valence-electron chi connectivity index (χ1n) is 5.53. The normalized spacial score (nSPS) is 20.2. The predicted molar refractivity (Wildman–Crippen MR) is 62.6 cm³/mol. The van der Waals surface area contributed by atoms with Crippen LogP contribution >= 0.6 is 0 Å². The van der Waals surface area contributed by atoms with Crippen molar-refractivity contribution < 1.29 is 13.7 Å². The highest BCUT2D eigenvalue weighted by molar-refractivity contribution is 7.85. The van der Waals surface area contributed by atoms with Gasteiger partial charge in [0.05, 0.1) is 16.6 Å². The third-order valence-corrected chi connectivity index (χ3v) is 3.81. The molecule has 4 heteroatoms. The van der Waals surface area contributed by atoms with Crippen LogP contribution in [0.1, 0.15) is 12.8 Å².